The van der Waals surface area contributed by atoms with E-state index in [1.54, 1.807) is 0 Å². The minimum absolute atomic E-state index is 0.725. The fourth-order valence-corrected chi connectivity index (χ4v) is 2.51. The minimum Gasteiger partial charge on any atom is -0.343 e. The molecule has 2 aromatic carbocycles. The van der Waals surface area contributed by atoms with Crippen LogP contribution in [0.4, 0.5) is 0 Å². The number of benzene rings is 2. The molecule has 0 radical (unpaired) electrons. The number of carbonyl (C=O) groups excluding carboxylic acids is 1. The molecule has 20 heavy (non-hydrogen) atoms. The number of aryl methyl sites for hydroxylation is 1. The van der Waals surface area contributed by atoms with Crippen molar-refractivity contribution in [2.24, 2.45) is 0 Å². The average molecular weight is 263 g/mol. The Bertz CT molecular complexity index is 738. The van der Waals surface area contributed by atoms with E-state index >= 15 is 0 Å². The lowest BCUT2D eigenvalue weighted by Crippen LogP contribution is -1.98. The molecule has 1 heterocycles. The summed E-state index contributed by atoms with van der Waals surface area (Å²) >= 11 is 0. The molecule has 3 aromatic rings. The second kappa shape index (κ2) is 5.33. The second-order valence-electron chi connectivity index (χ2n) is 5.05. The smallest absolute Gasteiger partial charge is 0.150 e. The van der Waals surface area contributed by atoms with E-state index in [0.29, 0.717) is 0 Å². The minimum atomic E-state index is 0.725. The Morgan fingerprint density at radius 2 is 1.75 bits per heavy atom. The normalized spacial score (nSPS) is 10.8. The summed E-state index contributed by atoms with van der Waals surface area (Å²) in [5.41, 5.74) is 4.54. The summed E-state index contributed by atoms with van der Waals surface area (Å²) in [6.07, 6.45) is 4.04. The van der Waals surface area contributed by atoms with Gasteiger partial charge >= 0.3 is 0 Å². The number of aromatic nitrogens is 1. The van der Waals surface area contributed by atoms with Gasteiger partial charge in [-0.15, -0.1) is 0 Å². The maximum Gasteiger partial charge on any atom is 0.150 e. The topological polar surface area (TPSA) is 22.0 Å². The molecule has 0 atom stereocenters. The van der Waals surface area contributed by atoms with Crippen molar-refractivity contribution in [2.45, 2.75) is 19.9 Å². The number of hydrogen-bond acceptors (Lipinski definition) is 1. The van der Waals surface area contributed by atoms with Gasteiger partial charge in [0.15, 0.2) is 0 Å². The number of hydrogen-bond donors (Lipinski definition) is 0. The summed E-state index contributed by atoms with van der Waals surface area (Å²) in [4.78, 5) is 10.8. The molecule has 0 aliphatic rings. The van der Waals surface area contributed by atoms with E-state index in [1.807, 2.05) is 18.2 Å². The van der Waals surface area contributed by atoms with Gasteiger partial charge < -0.3 is 4.57 Å². The maximum absolute atomic E-state index is 10.8. The van der Waals surface area contributed by atoms with E-state index in [9.17, 15) is 4.79 Å². The standard InChI is InChI=1S/C18H17NO/c1-2-14-3-5-15(6-4-14)12-19-10-9-17-11-16(13-20)7-8-18(17)19/h3-11,13H,2,12H2,1H3. The van der Waals surface area contributed by atoms with Crippen molar-refractivity contribution < 1.29 is 4.79 Å². The van der Waals surface area contributed by atoms with Crippen molar-refractivity contribution >= 4 is 17.2 Å². The Hall–Kier alpha value is -2.35. The predicted octanol–water partition coefficient (Wildman–Crippen LogP) is 4.06. The molecule has 1 aromatic heterocycles. The molecule has 2 nitrogen and oxygen atoms in total. The number of aldehydes is 1. The molecule has 100 valence electrons. The monoisotopic (exact) mass is 263 g/mol. The van der Waals surface area contributed by atoms with E-state index in [0.717, 1.165) is 35.7 Å². The molecule has 0 bridgehead atoms. The van der Waals surface area contributed by atoms with Gasteiger partial charge in [0.25, 0.3) is 0 Å². The Kier molecular flexibility index (Phi) is 3.38. The van der Waals surface area contributed by atoms with Crippen LogP contribution in [0.2, 0.25) is 0 Å². The molecule has 0 aliphatic heterocycles. The maximum atomic E-state index is 10.8. The van der Waals surface area contributed by atoms with Crippen LogP contribution in [-0.4, -0.2) is 10.9 Å². The first-order valence-electron chi connectivity index (χ1n) is 6.92. The van der Waals surface area contributed by atoms with Crippen LogP contribution in [0, 0.1) is 0 Å². The first-order chi connectivity index (χ1) is 9.80. The molecule has 0 unspecified atom stereocenters. The fourth-order valence-electron chi connectivity index (χ4n) is 2.51. The van der Waals surface area contributed by atoms with Crippen molar-refractivity contribution in [3.05, 3.63) is 71.4 Å². The van der Waals surface area contributed by atoms with E-state index in [1.165, 1.54) is 11.1 Å². The summed E-state index contributed by atoms with van der Waals surface area (Å²) in [6.45, 7) is 3.02. The van der Waals surface area contributed by atoms with Crippen LogP contribution < -0.4 is 0 Å². The summed E-state index contributed by atoms with van der Waals surface area (Å²) in [5, 5.41) is 1.11. The summed E-state index contributed by atoms with van der Waals surface area (Å²) < 4.78 is 2.21. The third-order valence-electron chi connectivity index (χ3n) is 3.72. The van der Waals surface area contributed by atoms with Crippen LogP contribution in [0.15, 0.2) is 54.7 Å². The SMILES string of the molecule is CCc1ccc(Cn2ccc3cc(C=O)ccc32)cc1. The van der Waals surface area contributed by atoms with Gasteiger partial charge in [-0.3, -0.25) is 4.79 Å². The van der Waals surface area contributed by atoms with Gasteiger partial charge in [0.05, 0.1) is 0 Å². The quantitative estimate of drug-likeness (QED) is 0.650. The van der Waals surface area contributed by atoms with Crippen molar-refractivity contribution in [1.29, 1.82) is 0 Å². The molecule has 2 heteroatoms. The van der Waals surface area contributed by atoms with Gasteiger partial charge in [0.2, 0.25) is 0 Å². The molecule has 0 spiro atoms. The Morgan fingerprint density at radius 3 is 2.45 bits per heavy atom. The summed E-state index contributed by atoms with van der Waals surface area (Å²) in [7, 11) is 0. The van der Waals surface area contributed by atoms with E-state index < -0.39 is 0 Å². The largest absolute Gasteiger partial charge is 0.343 e. The Labute approximate surface area is 118 Å². The first-order valence-corrected chi connectivity index (χ1v) is 6.92. The zero-order valence-electron chi connectivity index (χ0n) is 11.5. The van der Waals surface area contributed by atoms with Gasteiger partial charge in [-0.2, -0.15) is 0 Å². The zero-order chi connectivity index (χ0) is 13.9. The van der Waals surface area contributed by atoms with Crippen molar-refractivity contribution in [2.75, 3.05) is 0 Å². The predicted molar refractivity (Wildman–Crippen MR) is 82.2 cm³/mol. The van der Waals surface area contributed by atoms with Gasteiger partial charge in [0, 0.05) is 29.2 Å². The average Bonchev–Trinajstić information content (AvgIpc) is 2.90. The van der Waals surface area contributed by atoms with Crippen LogP contribution in [0.25, 0.3) is 10.9 Å². The molecule has 0 fully saturated rings. The number of rotatable bonds is 4. The van der Waals surface area contributed by atoms with Crippen molar-refractivity contribution in [3.63, 3.8) is 0 Å². The molecule has 0 saturated carbocycles. The van der Waals surface area contributed by atoms with Gasteiger partial charge in [-0.25, -0.2) is 0 Å². The number of fused-ring (bicyclic) bond motifs is 1. The molecule has 3 rings (SSSR count). The van der Waals surface area contributed by atoms with Crippen LogP contribution in [-0.2, 0) is 13.0 Å². The molecule has 0 N–H and O–H groups in total. The highest BCUT2D eigenvalue weighted by atomic mass is 16.1. The van der Waals surface area contributed by atoms with Gasteiger partial charge in [-0.05, 0) is 41.8 Å². The zero-order valence-corrected chi connectivity index (χ0v) is 11.5. The summed E-state index contributed by atoms with van der Waals surface area (Å²) in [6, 6.07) is 16.6. The third kappa shape index (κ3) is 2.37. The van der Waals surface area contributed by atoms with Gasteiger partial charge in [0.1, 0.15) is 6.29 Å². The van der Waals surface area contributed by atoms with E-state index in [4.69, 9.17) is 0 Å². The van der Waals surface area contributed by atoms with Crippen molar-refractivity contribution in [1.82, 2.24) is 4.57 Å². The number of nitrogens with zero attached hydrogens (tertiary/aromatic N) is 1. The lowest BCUT2D eigenvalue weighted by atomic mass is 10.1. The first kappa shape index (κ1) is 12.7. The van der Waals surface area contributed by atoms with Crippen LogP contribution >= 0.6 is 0 Å². The van der Waals surface area contributed by atoms with E-state index in [2.05, 4.69) is 48.0 Å². The highest BCUT2D eigenvalue weighted by Gasteiger charge is 2.03. The summed E-state index contributed by atoms with van der Waals surface area (Å²) in [5.74, 6) is 0. The Balaban J connectivity index is 1.91. The highest BCUT2D eigenvalue weighted by Crippen LogP contribution is 2.18. The Morgan fingerprint density at radius 1 is 1.00 bits per heavy atom. The third-order valence-corrected chi connectivity index (χ3v) is 3.72. The molecule has 0 aliphatic carbocycles. The molecule has 0 amide bonds. The fraction of sp³-hybridized carbons (Fsp3) is 0.167. The van der Waals surface area contributed by atoms with Crippen LogP contribution in [0.5, 0.6) is 0 Å². The van der Waals surface area contributed by atoms with Crippen molar-refractivity contribution in [3.8, 4) is 0 Å². The molecule has 0 saturated heterocycles. The lowest BCUT2D eigenvalue weighted by Gasteiger charge is -2.07. The van der Waals surface area contributed by atoms with Crippen LogP contribution in [0.1, 0.15) is 28.4 Å². The van der Waals surface area contributed by atoms with Crippen LogP contribution in [0.3, 0.4) is 0 Å². The van der Waals surface area contributed by atoms with Gasteiger partial charge in [-0.1, -0.05) is 31.2 Å². The lowest BCUT2D eigenvalue weighted by molar-refractivity contribution is 0.112. The molecular weight excluding hydrogens is 246 g/mol. The highest BCUT2D eigenvalue weighted by molar-refractivity contribution is 5.87. The second-order valence-corrected chi connectivity index (χ2v) is 5.05. The van der Waals surface area contributed by atoms with E-state index in [-0.39, 0.29) is 0 Å². The number of carbonyl (C=O) groups is 1. The molecular formula is C18H17NO.